The quantitative estimate of drug-likeness (QED) is 0.620. The van der Waals surface area contributed by atoms with Crippen LogP contribution in [0.15, 0.2) is 12.3 Å². The van der Waals surface area contributed by atoms with Gasteiger partial charge in [-0.2, -0.15) is 5.10 Å². The van der Waals surface area contributed by atoms with E-state index >= 15 is 0 Å². The predicted octanol–water partition coefficient (Wildman–Crippen LogP) is 0.418. The summed E-state index contributed by atoms with van der Waals surface area (Å²) in [5.41, 5.74) is 1.17. The zero-order valence-electron chi connectivity index (χ0n) is 7.81. The highest BCUT2D eigenvalue weighted by molar-refractivity contribution is 5.91. The van der Waals surface area contributed by atoms with Crippen molar-refractivity contribution in [2.75, 3.05) is 14.2 Å². The monoisotopic (exact) mass is 181 g/mol. The van der Waals surface area contributed by atoms with Crippen LogP contribution < -0.4 is 0 Å². The van der Waals surface area contributed by atoms with E-state index in [1.807, 2.05) is 6.92 Å². The normalized spacial score (nSPS) is 9.77. The minimum absolute atomic E-state index is 0.282. The summed E-state index contributed by atoms with van der Waals surface area (Å²) in [6, 6.07) is 1.66. The van der Waals surface area contributed by atoms with Crippen molar-refractivity contribution in [1.82, 2.24) is 15.3 Å². The fraction of sp³-hybridized carbons (Fsp3) is 0.375. The Kier molecular flexibility index (Phi) is 2.92. The van der Waals surface area contributed by atoms with Gasteiger partial charge >= 0.3 is 0 Å². The summed E-state index contributed by atoms with van der Waals surface area (Å²) >= 11 is 0. The van der Waals surface area contributed by atoms with Crippen molar-refractivity contribution in [2.24, 2.45) is 0 Å². The molecule has 5 heteroatoms. The molecular weight excluding hydrogens is 170 g/mol. The fourth-order valence-corrected chi connectivity index (χ4v) is 0.813. The number of carbonyl (C=O) groups excluding carboxylic acids is 1. The molecule has 1 heterocycles. The summed E-state index contributed by atoms with van der Waals surface area (Å²) in [6.07, 6.45) is 1.59. The first-order valence-electron chi connectivity index (χ1n) is 3.76. The molecule has 1 aromatic heterocycles. The third kappa shape index (κ3) is 2.22. The highest BCUT2D eigenvalue weighted by atomic mass is 16.7. The van der Waals surface area contributed by atoms with Crippen LogP contribution in [-0.4, -0.2) is 35.3 Å². The van der Waals surface area contributed by atoms with Gasteiger partial charge in [-0.05, 0) is 18.6 Å². The molecule has 0 aliphatic heterocycles. The Hall–Kier alpha value is -1.49. The molecule has 0 N–H and O–H groups in total. The Morgan fingerprint density at radius 1 is 1.62 bits per heavy atom. The molecule has 5 nitrogen and oxygen atoms in total. The van der Waals surface area contributed by atoms with Gasteiger partial charge in [-0.25, -0.2) is 5.06 Å². The third-order valence-corrected chi connectivity index (χ3v) is 1.57. The fourth-order valence-electron chi connectivity index (χ4n) is 0.813. The van der Waals surface area contributed by atoms with Crippen molar-refractivity contribution in [2.45, 2.75) is 6.92 Å². The molecule has 0 aromatic carbocycles. The van der Waals surface area contributed by atoms with Crippen molar-refractivity contribution >= 4 is 5.91 Å². The first kappa shape index (κ1) is 9.60. The van der Waals surface area contributed by atoms with Gasteiger partial charge in [-0.15, -0.1) is 5.10 Å². The Labute approximate surface area is 76.3 Å². The molecular formula is C8H11N3O2. The van der Waals surface area contributed by atoms with Gasteiger partial charge < -0.3 is 0 Å². The van der Waals surface area contributed by atoms with Crippen LogP contribution in [0.5, 0.6) is 0 Å². The Morgan fingerprint density at radius 3 is 2.85 bits per heavy atom. The van der Waals surface area contributed by atoms with Gasteiger partial charge in [0.25, 0.3) is 5.91 Å². The van der Waals surface area contributed by atoms with Crippen LogP contribution in [-0.2, 0) is 4.84 Å². The summed E-state index contributed by atoms with van der Waals surface area (Å²) in [5, 5.41) is 8.46. The molecule has 0 saturated carbocycles. The van der Waals surface area contributed by atoms with E-state index in [9.17, 15) is 4.79 Å². The van der Waals surface area contributed by atoms with Gasteiger partial charge in [0, 0.05) is 7.05 Å². The summed E-state index contributed by atoms with van der Waals surface area (Å²) in [4.78, 5) is 16.1. The number of hydrogen-bond acceptors (Lipinski definition) is 4. The van der Waals surface area contributed by atoms with Gasteiger partial charge in [-0.3, -0.25) is 9.63 Å². The zero-order chi connectivity index (χ0) is 9.84. The van der Waals surface area contributed by atoms with Crippen molar-refractivity contribution in [3.05, 3.63) is 23.5 Å². The number of carbonyl (C=O) groups is 1. The van der Waals surface area contributed by atoms with Gasteiger partial charge in [0.15, 0.2) is 5.69 Å². The number of nitrogens with zero attached hydrogens (tertiary/aromatic N) is 3. The number of rotatable bonds is 2. The maximum atomic E-state index is 11.4. The maximum Gasteiger partial charge on any atom is 0.297 e. The average Bonchev–Trinajstić information content (AvgIpc) is 2.15. The number of aromatic nitrogens is 2. The Balaban J connectivity index is 2.89. The van der Waals surface area contributed by atoms with Gasteiger partial charge in [0.1, 0.15) is 0 Å². The first-order valence-corrected chi connectivity index (χ1v) is 3.76. The summed E-state index contributed by atoms with van der Waals surface area (Å²) in [5.74, 6) is -0.307. The van der Waals surface area contributed by atoms with E-state index in [1.165, 1.54) is 14.2 Å². The smallest absolute Gasteiger partial charge is 0.274 e. The highest BCUT2D eigenvalue weighted by Crippen LogP contribution is 2.01. The molecule has 1 rings (SSSR count). The van der Waals surface area contributed by atoms with Crippen LogP contribution in [0.4, 0.5) is 0 Å². The third-order valence-electron chi connectivity index (χ3n) is 1.57. The molecule has 70 valence electrons. The molecule has 0 bridgehead atoms. The van der Waals surface area contributed by atoms with Gasteiger partial charge in [0.05, 0.1) is 13.3 Å². The minimum Gasteiger partial charge on any atom is -0.274 e. The highest BCUT2D eigenvalue weighted by Gasteiger charge is 2.12. The van der Waals surface area contributed by atoms with Crippen molar-refractivity contribution in [3.8, 4) is 0 Å². The average molecular weight is 181 g/mol. The van der Waals surface area contributed by atoms with E-state index in [0.717, 1.165) is 10.6 Å². The predicted molar refractivity (Wildman–Crippen MR) is 45.9 cm³/mol. The molecule has 0 aliphatic carbocycles. The molecule has 0 saturated heterocycles. The molecule has 13 heavy (non-hydrogen) atoms. The molecule has 0 radical (unpaired) electrons. The lowest BCUT2D eigenvalue weighted by Gasteiger charge is -2.12. The van der Waals surface area contributed by atoms with E-state index in [4.69, 9.17) is 4.84 Å². The zero-order valence-corrected chi connectivity index (χ0v) is 7.81. The van der Waals surface area contributed by atoms with E-state index in [0.29, 0.717) is 0 Å². The van der Waals surface area contributed by atoms with Crippen molar-refractivity contribution < 1.29 is 9.63 Å². The molecule has 0 atom stereocenters. The first-order chi connectivity index (χ1) is 6.15. The number of amides is 1. The maximum absolute atomic E-state index is 11.4. The van der Waals surface area contributed by atoms with Crippen LogP contribution in [0, 0.1) is 6.92 Å². The molecule has 0 spiro atoms. The SMILES string of the molecule is CON(C)C(=O)c1cc(C)cnn1. The van der Waals surface area contributed by atoms with E-state index in [-0.39, 0.29) is 11.6 Å². The van der Waals surface area contributed by atoms with Crippen LogP contribution in [0.25, 0.3) is 0 Å². The summed E-state index contributed by atoms with van der Waals surface area (Å²) in [6.45, 7) is 1.85. The number of aryl methyl sites for hydroxylation is 1. The number of hydroxylamine groups is 2. The molecule has 1 aromatic rings. The molecule has 0 aliphatic rings. The second-order valence-electron chi connectivity index (χ2n) is 2.60. The van der Waals surface area contributed by atoms with Crippen LogP contribution in [0.3, 0.4) is 0 Å². The van der Waals surface area contributed by atoms with E-state index in [1.54, 1.807) is 12.3 Å². The summed E-state index contributed by atoms with van der Waals surface area (Å²) < 4.78 is 0. The lowest BCUT2D eigenvalue weighted by Crippen LogP contribution is -2.26. The van der Waals surface area contributed by atoms with E-state index in [2.05, 4.69) is 10.2 Å². The second kappa shape index (κ2) is 3.95. The lowest BCUT2D eigenvalue weighted by molar-refractivity contribution is -0.0761. The van der Waals surface area contributed by atoms with Crippen molar-refractivity contribution in [3.63, 3.8) is 0 Å². The Bertz CT molecular complexity index is 314. The number of hydrogen-bond donors (Lipinski definition) is 0. The minimum atomic E-state index is -0.307. The second-order valence-corrected chi connectivity index (χ2v) is 2.60. The molecule has 0 fully saturated rings. The van der Waals surface area contributed by atoms with Crippen LogP contribution in [0.1, 0.15) is 16.1 Å². The molecule has 0 unspecified atom stereocenters. The molecule has 1 amide bonds. The largest absolute Gasteiger partial charge is 0.297 e. The van der Waals surface area contributed by atoms with Gasteiger partial charge in [0.2, 0.25) is 0 Å². The van der Waals surface area contributed by atoms with Crippen LogP contribution >= 0.6 is 0 Å². The standard InChI is InChI=1S/C8H11N3O2/c1-6-4-7(10-9-5-6)8(12)11(2)13-3/h4-5H,1-3H3. The topological polar surface area (TPSA) is 55.3 Å². The summed E-state index contributed by atoms with van der Waals surface area (Å²) in [7, 11) is 2.94. The van der Waals surface area contributed by atoms with E-state index < -0.39 is 0 Å². The van der Waals surface area contributed by atoms with Crippen LogP contribution in [0.2, 0.25) is 0 Å². The van der Waals surface area contributed by atoms with Gasteiger partial charge in [-0.1, -0.05) is 0 Å². The lowest BCUT2D eigenvalue weighted by atomic mass is 10.3. The Morgan fingerprint density at radius 2 is 2.31 bits per heavy atom. The van der Waals surface area contributed by atoms with Crippen molar-refractivity contribution in [1.29, 1.82) is 0 Å².